The summed E-state index contributed by atoms with van der Waals surface area (Å²) in [7, 11) is 0. The summed E-state index contributed by atoms with van der Waals surface area (Å²) in [6.45, 7) is 2.60. The Labute approximate surface area is 106 Å². The number of hydrogen-bond donors (Lipinski definition) is 1. The van der Waals surface area contributed by atoms with Crippen LogP contribution in [0.1, 0.15) is 10.4 Å². The first kappa shape index (κ1) is 12.1. The van der Waals surface area contributed by atoms with Crippen LogP contribution in [0.3, 0.4) is 0 Å². The minimum Gasteiger partial charge on any atom is -0.492 e. The summed E-state index contributed by atoms with van der Waals surface area (Å²) in [4.78, 5) is 1.31. The Morgan fingerprint density at radius 2 is 2.06 bits per heavy atom. The van der Waals surface area contributed by atoms with Gasteiger partial charge in [-0.3, -0.25) is 0 Å². The first-order valence-electron chi connectivity index (χ1n) is 5.72. The van der Waals surface area contributed by atoms with E-state index in [0.717, 1.165) is 17.7 Å². The number of para-hydroxylation sites is 1. The van der Waals surface area contributed by atoms with Gasteiger partial charge in [0.1, 0.15) is 12.4 Å². The van der Waals surface area contributed by atoms with E-state index >= 15 is 0 Å². The molecule has 0 aliphatic carbocycles. The summed E-state index contributed by atoms with van der Waals surface area (Å²) >= 11 is 1.74. The fraction of sp³-hybridized carbons (Fsp3) is 0.286. The molecule has 0 spiro atoms. The van der Waals surface area contributed by atoms with Gasteiger partial charge in [-0.05, 0) is 30.0 Å². The van der Waals surface area contributed by atoms with Crippen molar-refractivity contribution in [1.29, 1.82) is 0 Å². The Hall–Kier alpha value is -1.32. The molecule has 0 bridgehead atoms. The van der Waals surface area contributed by atoms with Crippen LogP contribution in [0.25, 0.3) is 0 Å². The van der Waals surface area contributed by atoms with Gasteiger partial charge in [-0.2, -0.15) is 0 Å². The Bertz CT molecular complexity index is 453. The molecule has 17 heavy (non-hydrogen) atoms. The summed E-state index contributed by atoms with van der Waals surface area (Å²) in [6, 6.07) is 12.2. The van der Waals surface area contributed by atoms with E-state index in [4.69, 9.17) is 10.5 Å². The maximum absolute atomic E-state index is 6.04. The number of hydrogen-bond acceptors (Lipinski definition) is 3. The van der Waals surface area contributed by atoms with E-state index in [-0.39, 0.29) is 6.04 Å². The highest BCUT2D eigenvalue weighted by atomic mass is 32.1. The lowest BCUT2D eigenvalue weighted by atomic mass is 10.2. The number of ether oxygens (including phenoxy) is 1. The van der Waals surface area contributed by atoms with Gasteiger partial charge >= 0.3 is 0 Å². The quantitative estimate of drug-likeness (QED) is 0.881. The second-order valence-electron chi connectivity index (χ2n) is 4.12. The minimum absolute atomic E-state index is 0.0493. The summed E-state index contributed by atoms with van der Waals surface area (Å²) in [5.74, 6) is 0.925. The standard InChI is InChI=1S/C14H17NOS/c1-11-5-2-3-7-14(11)16-10-12(15)9-13-6-4-8-17-13/h2-8,12H,9-10,15H2,1H3. The lowest BCUT2D eigenvalue weighted by molar-refractivity contribution is 0.286. The maximum atomic E-state index is 6.04. The molecule has 1 aromatic heterocycles. The van der Waals surface area contributed by atoms with Gasteiger partial charge in [0.05, 0.1) is 0 Å². The van der Waals surface area contributed by atoms with Crippen LogP contribution in [-0.2, 0) is 6.42 Å². The zero-order valence-electron chi connectivity index (χ0n) is 9.93. The normalized spacial score (nSPS) is 12.4. The van der Waals surface area contributed by atoms with Crippen LogP contribution in [0.5, 0.6) is 5.75 Å². The highest BCUT2D eigenvalue weighted by Crippen LogP contribution is 2.17. The first-order valence-corrected chi connectivity index (χ1v) is 6.60. The van der Waals surface area contributed by atoms with E-state index < -0.39 is 0 Å². The van der Waals surface area contributed by atoms with Crippen LogP contribution in [0, 0.1) is 6.92 Å². The van der Waals surface area contributed by atoms with Gasteiger partial charge in [0, 0.05) is 17.3 Å². The second kappa shape index (κ2) is 5.84. The third-order valence-corrected chi connectivity index (χ3v) is 3.49. The molecular weight excluding hydrogens is 230 g/mol. The number of benzene rings is 1. The zero-order chi connectivity index (χ0) is 12.1. The van der Waals surface area contributed by atoms with Crippen LogP contribution in [0.2, 0.25) is 0 Å². The fourth-order valence-corrected chi connectivity index (χ4v) is 2.46. The van der Waals surface area contributed by atoms with E-state index in [1.807, 2.05) is 31.2 Å². The van der Waals surface area contributed by atoms with Crippen molar-refractivity contribution in [1.82, 2.24) is 0 Å². The summed E-state index contributed by atoms with van der Waals surface area (Å²) in [5, 5.41) is 2.07. The highest BCUT2D eigenvalue weighted by molar-refractivity contribution is 7.09. The Morgan fingerprint density at radius 3 is 2.76 bits per heavy atom. The van der Waals surface area contributed by atoms with E-state index in [1.165, 1.54) is 4.88 Å². The van der Waals surface area contributed by atoms with E-state index in [0.29, 0.717) is 6.61 Å². The lowest BCUT2D eigenvalue weighted by Crippen LogP contribution is -2.29. The van der Waals surface area contributed by atoms with E-state index in [2.05, 4.69) is 17.5 Å². The third-order valence-electron chi connectivity index (χ3n) is 2.59. The van der Waals surface area contributed by atoms with Crippen molar-refractivity contribution in [2.24, 2.45) is 5.73 Å². The first-order chi connectivity index (χ1) is 8.25. The Balaban J connectivity index is 1.84. The fourth-order valence-electron chi connectivity index (χ4n) is 1.66. The Morgan fingerprint density at radius 1 is 1.24 bits per heavy atom. The van der Waals surface area contributed by atoms with Crippen LogP contribution < -0.4 is 10.5 Å². The molecule has 0 aliphatic rings. The average molecular weight is 247 g/mol. The molecule has 2 N–H and O–H groups in total. The van der Waals surface area contributed by atoms with Crippen molar-refractivity contribution < 1.29 is 4.74 Å². The lowest BCUT2D eigenvalue weighted by Gasteiger charge is -2.13. The van der Waals surface area contributed by atoms with E-state index in [1.54, 1.807) is 11.3 Å². The average Bonchev–Trinajstić information content (AvgIpc) is 2.81. The predicted molar refractivity (Wildman–Crippen MR) is 72.7 cm³/mol. The predicted octanol–water partition coefficient (Wildman–Crippen LogP) is 3.01. The van der Waals surface area contributed by atoms with Crippen molar-refractivity contribution in [3.8, 4) is 5.75 Å². The molecule has 0 fully saturated rings. The third kappa shape index (κ3) is 3.58. The van der Waals surface area contributed by atoms with Crippen LogP contribution in [0.4, 0.5) is 0 Å². The highest BCUT2D eigenvalue weighted by Gasteiger charge is 2.06. The van der Waals surface area contributed by atoms with Gasteiger partial charge in [0.25, 0.3) is 0 Å². The zero-order valence-corrected chi connectivity index (χ0v) is 10.7. The molecule has 1 heterocycles. The maximum Gasteiger partial charge on any atom is 0.122 e. The summed E-state index contributed by atoms with van der Waals surface area (Å²) < 4.78 is 5.73. The molecule has 2 rings (SSSR count). The molecule has 1 unspecified atom stereocenters. The minimum atomic E-state index is 0.0493. The van der Waals surface area contributed by atoms with Crippen molar-refractivity contribution in [3.63, 3.8) is 0 Å². The molecule has 0 saturated heterocycles. The van der Waals surface area contributed by atoms with Crippen molar-refractivity contribution in [3.05, 3.63) is 52.2 Å². The number of rotatable bonds is 5. The molecule has 3 heteroatoms. The van der Waals surface area contributed by atoms with Crippen LogP contribution in [-0.4, -0.2) is 12.6 Å². The topological polar surface area (TPSA) is 35.2 Å². The van der Waals surface area contributed by atoms with Gasteiger partial charge in [-0.25, -0.2) is 0 Å². The summed E-state index contributed by atoms with van der Waals surface area (Å²) in [6.07, 6.45) is 0.879. The SMILES string of the molecule is Cc1ccccc1OCC(N)Cc1cccs1. The van der Waals surface area contributed by atoms with Gasteiger partial charge in [0.2, 0.25) is 0 Å². The van der Waals surface area contributed by atoms with Crippen LogP contribution >= 0.6 is 11.3 Å². The molecule has 1 aromatic carbocycles. The van der Waals surface area contributed by atoms with Gasteiger partial charge in [0.15, 0.2) is 0 Å². The molecule has 0 radical (unpaired) electrons. The largest absolute Gasteiger partial charge is 0.492 e. The molecule has 0 amide bonds. The molecule has 90 valence electrons. The number of thiophene rings is 1. The monoisotopic (exact) mass is 247 g/mol. The number of nitrogens with two attached hydrogens (primary N) is 1. The van der Waals surface area contributed by atoms with Crippen molar-refractivity contribution >= 4 is 11.3 Å². The molecule has 0 aliphatic heterocycles. The smallest absolute Gasteiger partial charge is 0.122 e. The second-order valence-corrected chi connectivity index (χ2v) is 5.15. The van der Waals surface area contributed by atoms with Crippen molar-refractivity contribution in [2.75, 3.05) is 6.61 Å². The molecular formula is C14H17NOS. The van der Waals surface area contributed by atoms with Crippen LogP contribution in [0.15, 0.2) is 41.8 Å². The molecule has 2 nitrogen and oxygen atoms in total. The van der Waals surface area contributed by atoms with Gasteiger partial charge in [-0.15, -0.1) is 11.3 Å². The number of aryl methyl sites for hydroxylation is 1. The molecule has 0 saturated carbocycles. The molecule has 1 atom stereocenters. The van der Waals surface area contributed by atoms with Crippen molar-refractivity contribution in [2.45, 2.75) is 19.4 Å². The Kier molecular flexibility index (Phi) is 4.18. The molecule has 2 aromatic rings. The summed E-state index contributed by atoms with van der Waals surface area (Å²) in [5.41, 5.74) is 7.19. The van der Waals surface area contributed by atoms with E-state index in [9.17, 15) is 0 Å². The van der Waals surface area contributed by atoms with Gasteiger partial charge < -0.3 is 10.5 Å². The van der Waals surface area contributed by atoms with Gasteiger partial charge in [-0.1, -0.05) is 24.3 Å².